The molecule has 0 radical (unpaired) electrons. The highest BCUT2D eigenvalue weighted by Gasteiger charge is 2.22. The second-order valence-corrected chi connectivity index (χ2v) is 7.78. The molecule has 0 aliphatic heterocycles. The van der Waals surface area contributed by atoms with Gasteiger partial charge in [-0.2, -0.15) is 0 Å². The summed E-state index contributed by atoms with van der Waals surface area (Å²) in [5, 5.41) is 0.386. The third-order valence-electron chi connectivity index (χ3n) is 5.55. The third kappa shape index (κ3) is 4.32. The van der Waals surface area contributed by atoms with Gasteiger partial charge >= 0.3 is 0 Å². The quantitative estimate of drug-likeness (QED) is 0.406. The third-order valence-corrected chi connectivity index (χ3v) is 5.55. The summed E-state index contributed by atoms with van der Waals surface area (Å²) < 4.78 is 5.58. The molecule has 0 spiro atoms. The van der Waals surface area contributed by atoms with E-state index in [4.69, 9.17) is 4.42 Å². The van der Waals surface area contributed by atoms with E-state index in [1.54, 1.807) is 41.7 Å². The number of nitrogens with one attached hydrogen (secondary N) is 1. The van der Waals surface area contributed by atoms with Crippen LogP contribution in [0.3, 0.4) is 0 Å². The van der Waals surface area contributed by atoms with E-state index in [1.165, 1.54) is 6.26 Å². The lowest BCUT2D eigenvalue weighted by molar-refractivity contribution is 0.0724. The fourth-order valence-electron chi connectivity index (χ4n) is 3.83. The monoisotopic (exact) mass is 435 g/mol. The average Bonchev–Trinajstić information content (AvgIpc) is 3.38. The van der Waals surface area contributed by atoms with Crippen LogP contribution in [0.25, 0.3) is 22.1 Å². The first-order valence-electron chi connectivity index (χ1n) is 10.6. The molecule has 0 fully saturated rings. The number of hydrogen-bond acceptors (Lipinski definition) is 4. The summed E-state index contributed by atoms with van der Waals surface area (Å²) in [5.41, 5.74) is 4.08. The Kier molecular flexibility index (Phi) is 5.55. The van der Waals surface area contributed by atoms with E-state index in [-0.39, 0.29) is 17.5 Å². The Morgan fingerprint density at radius 1 is 0.879 bits per heavy atom. The Balaban J connectivity index is 1.46. The molecule has 1 N–H and O–H groups in total. The number of carbonyl (C=O) groups is 1. The molecule has 5 rings (SSSR count). The standard InChI is InChI=1S/C27H21N3O3/c31-26-23-8-4-5-9-25(23)33-17-24(26)27(32)30(16-22-14-28-18-29-22)15-19-10-12-21(13-11-19)20-6-2-1-3-7-20/h1-14,17-18H,15-16H2,(H,28,29). The summed E-state index contributed by atoms with van der Waals surface area (Å²) in [5.74, 6) is -0.392. The second-order valence-electron chi connectivity index (χ2n) is 7.78. The number of nitrogens with zero attached hydrogens (tertiary/aromatic N) is 2. The van der Waals surface area contributed by atoms with Gasteiger partial charge in [0.25, 0.3) is 5.91 Å². The SMILES string of the molecule is O=C(c1coc2ccccc2c1=O)N(Cc1ccc(-c2ccccc2)cc1)Cc1cnc[nH]1. The predicted octanol–water partition coefficient (Wildman–Crippen LogP) is 5.03. The van der Waals surface area contributed by atoms with Crippen molar-refractivity contribution in [2.75, 3.05) is 0 Å². The number of hydrogen-bond donors (Lipinski definition) is 1. The van der Waals surface area contributed by atoms with Crippen LogP contribution < -0.4 is 5.43 Å². The van der Waals surface area contributed by atoms with E-state index < -0.39 is 5.91 Å². The number of H-pyrrole nitrogens is 1. The summed E-state index contributed by atoms with van der Waals surface area (Å²) in [4.78, 5) is 35.2. The Morgan fingerprint density at radius 3 is 2.36 bits per heavy atom. The van der Waals surface area contributed by atoms with E-state index in [0.717, 1.165) is 22.4 Å². The lowest BCUT2D eigenvalue weighted by Crippen LogP contribution is -2.33. The largest absolute Gasteiger partial charge is 0.463 e. The van der Waals surface area contributed by atoms with Crippen LogP contribution >= 0.6 is 0 Å². The first-order valence-corrected chi connectivity index (χ1v) is 10.6. The van der Waals surface area contributed by atoms with E-state index >= 15 is 0 Å². The smallest absolute Gasteiger partial charge is 0.261 e. The van der Waals surface area contributed by atoms with Gasteiger partial charge in [-0.05, 0) is 28.8 Å². The molecule has 0 saturated heterocycles. The molecule has 3 aromatic carbocycles. The zero-order chi connectivity index (χ0) is 22.6. The molecule has 33 heavy (non-hydrogen) atoms. The van der Waals surface area contributed by atoms with Crippen LogP contribution in [0.4, 0.5) is 0 Å². The summed E-state index contributed by atoms with van der Waals surface area (Å²) in [6, 6.07) is 25.1. The minimum Gasteiger partial charge on any atom is -0.463 e. The van der Waals surface area contributed by atoms with E-state index in [2.05, 4.69) is 22.1 Å². The van der Waals surface area contributed by atoms with Gasteiger partial charge in [-0.15, -0.1) is 0 Å². The number of benzene rings is 3. The number of fused-ring (bicyclic) bond motifs is 1. The molecule has 0 bridgehead atoms. The fraction of sp³-hybridized carbons (Fsp3) is 0.0741. The molecule has 1 amide bonds. The highest BCUT2D eigenvalue weighted by Crippen LogP contribution is 2.21. The van der Waals surface area contributed by atoms with Crippen LogP contribution in [-0.4, -0.2) is 20.8 Å². The van der Waals surface area contributed by atoms with Gasteiger partial charge in [0.15, 0.2) is 0 Å². The number of imidazole rings is 1. The fourth-order valence-corrected chi connectivity index (χ4v) is 3.83. The molecule has 2 heterocycles. The lowest BCUT2D eigenvalue weighted by Gasteiger charge is -2.22. The molecule has 6 nitrogen and oxygen atoms in total. The van der Waals surface area contributed by atoms with Crippen LogP contribution in [0, 0.1) is 0 Å². The van der Waals surface area contributed by atoms with Gasteiger partial charge in [0.2, 0.25) is 5.43 Å². The zero-order valence-electron chi connectivity index (χ0n) is 17.8. The molecule has 0 saturated carbocycles. The molecule has 162 valence electrons. The van der Waals surface area contributed by atoms with Crippen molar-refractivity contribution in [1.29, 1.82) is 0 Å². The van der Waals surface area contributed by atoms with Gasteiger partial charge in [0, 0.05) is 12.7 Å². The minimum atomic E-state index is -0.392. The van der Waals surface area contributed by atoms with Crippen molar-refractivity contribution in [3.8, 4) is 11.1 Å². The lowest BCUT2D eigenvalue weighted by atomic mass is 10.0. The number of amides is 1. The maximum absolute atomic E-state index is 13.5. The first kappa shape index (κ1) is 20.5. The van der Waals surface area contributed by atoms with Gasteiger partial charge in [-0.3, -0.25) is 9.59 Å². The molecule has 0 aliphatic carbocycles. The van der Waals surface area contributed by atoms with Gasteiger partial charge in [0.05, 0.1) is 24.0 Å². The maximum Gasteiger partial charge on any atom is 0.261 e. The molecule has 0 aliphatic rings. The molecular weight excluding hydrogens is 414 g/mol. The van der Waals surface area contributed by atoms with Crippen molar-refractivity contribution in [2.24, 2.45) is 0 Å². The predicted molar refractivity (Wildman–Crippen MR) is 127 cm³/mol. The molecular formula is C27H21N3O3. The molecule has 0 unspecified atom stereocenters. The normalized spacial score (nSPS) is 10.9. The molecule has 5 aromatic rings. The van der Waals surface area contributed by atoms with Gasteiger partial charge in [-0.25, -0.2) is 4.98 Å². The first-order chi connectivity index (χ1) is 16.2. The minimum absolute atomic E-state index is 0.00845. The summed E-state index contributed by atoms with van der Waals surface area (Å²) >= 11 is 0. The molecule has 0 atom stereocenters. The van der Waals surface area contributed by atoms with E-state index in [1.807, 2.05) is 42.5 Å². The molecule has 2 aromatic heterocycles. The Morgan fingerprint density at radius 2 is 1.61 bits per heavy atom. The van der Waals surface area contributed by atoms with Crippen LogP contribution in [0.15, 0.2) is 107 Å². The Hall–Kier alpha value is -4.45. The number of aromatic amines is 1. The summed E-state index contributed by atoms with van der Waals surface area (Å²) in [6.07, 6.45) is 4.49. The van der Waals surface area contributed by atoms with Crippen LogP contribution in [-0.2, 0) is 13.1 Å². The number of para-hydroxylation sites is 1. The Labute approximate surface area is 190 Å². The van der Waals surface area contributed by atoms with Crippen molar-refractivity contribution < 1.29 is 9.21 Å². The summed E-state index contributed by atoms with van der Waals surface area (Å²) in [7, 11) is 0. The topological polar surface area (TPSA) is 79.2 Å². The van der Waals surface area contributed by atoms with Crippen LogP contribution in [0.2, 0.25) is 0 Å². The van der Waals surface area contributed by atoms with Gasteiger partial charge in [-0.1, -0.05) is 66.7 Å². The number of rotatable bonds is 6. The average molecular weight is 435 g/mol. The van der Waals surface area contributed by atoms with E-state index in [0.29, 0.717) is 17.5 Å². The van der Waals surface area contributed by atoms with Crippen LogP contribution in [0.5, 0.6) is 0 Å². The van der Waals surface area contributed by atoms with Gasteiger partial charge < -0.3 is 14.3 Å². The Bertz CT molecular complexity index is 1440. The highest BCUT2D eigenvalue weighted by atomic mass is 16.3. The number of aromatic nitrogens is 2. The van der Waals surface area contributed by atoms with Crippen molar-refractivity contribution in [3.63, 3.8) is 0 Å². The van der Waals surface area contributed by atoms with E-state index in [9.17, 15) is 9.59 Å². The molecule has 6 heteroatoms. The number of carbonyl (C=O) groups excluding carboxylic acids is 1. The summed E-state index contributed by atoms with van der Waals surface area (Å²) in [6.45, 7) is 0.616. The maximum atomic E-state index is 13.5. The van der Waals surface area contributed by atoms with Gasteiger partial charge in [0.1, 0.15) is 17.4 Å². The highest BCUT2D eigenvalue weighted by molar-refractivity contribution is 5.96. The zero-order valence-corrected chi connectivity index (χ0v) is 17.8. The van der Waals surface area contributed by atoms with Crippen molar-refractivity contribution in [2.45, 2.75) is 13.1 Å². The van der Waals surface area contributed by atoms with Crippen LogP contribution in [0.1, 0.15) is 21.6 Å². The van der Waals surface area contributed by atoms with Crippen molar-refractivity contribution in [1.82, 2.24) is 14.9 Å². The van der Waals surface area contributed by atoms with Crippen molar-refractivity contribution >= 4 is 16.9 Å². The van der Waals surface area contributed by atoms with Crippen molar-refractivity contribution in [3.05, 3.63) is 125 Å². The second kappa shape index (κ2) is 8.96.